The lowest BCUT2D eigenvalue weighted by molar-refractivity contribution is -0.143. The van der Waals surface area contributed by atoms with Crippen LogP contribution in [0.15, 0.2) is 60.7 Å². The quantitative estimate of drug-likeness (QED) is 0.832. The van der Waals surface area contributed by atoms with Crippen LogP contribution in [-0.4, -0.2) is 54.3 Å². The molecule has 2 fully saturated rings. The molecule has 1 aliphatic carbocycles. The summed E-state index contributed by atoms with van der Waals surface area (Å²) in [5, 5.41) is 2.80. The van der Waals surface area contributed by atoms with Crippen molar-refractivity contribution >= 4 is 11.8 Å². The Morgan fingerprint density at radius 2 is 1.60 bits per heavy atom. The van der Waals surface area contributed by atoms with Crippen LogP contribution in [0, 0.1) is 0 Å². The van der Waals surface area contributed by atoms with E-state index in [9.17, 15) is 9.59 Å². The molecule has 1 saturated carbocycles. The third-order valence-corrected chi connectivity index (χ3v) is 6.75. The molecule has 1 N–H and O–H groups in total. The van der Waals surface area contributed by atoms with Crippen molar-refractivity contribution in [3.05, 3.63) is 71.8 Å². The molecule has 1 aliphatic heterocycles. The molecule has 0 radical (unpaired) electrons. The summed E-state index contributed by atoms with van der Waals surface area (Å²) in [6.45, 7) is 2.52. The predicted octanol–water partition coefficient (Wildman–Crippen LogP) is 2.96. The van der Waals surface area contributed by atoms with Crippen LogP contribution < -0.4 is 5.32 Å². The Morgan fingerprint density at radius 3 is 2.23 bits per heavy atom. The summed E-state index contributed by atoms with van der Waals surface area (Å²) >= 11 is 0. The first-order valence-corrected chi connectivity index (χ1v) is 11.0. The van der Waals surface area contributed by atoms with E-state index in [-0.39, 0.29) is 17.9 Å². The molecule has 1 atom stereocenters. The highest BCUT2D eigenvalue weighted by atomic mass is 16.2. The van der Waals surface area contributed by atoms with Gasteiger partial charge in [0.2, 0.25) is 11.8 Å². The highest BCUT2D eigenvalue weighted by molar-refractivity contribution is 5.90. The van der Waals surface area contributed by atoms with E-state index in [0.717, 1.165) is 31.2 Å². The Morgan fingerprint density at radius 1 is 0.967 bits per heavy atom. The average Bonchev–Trinajstić information content (AvgIpc) is 3.31. The third kappa shape index (κ3) is 3.99. The van der Waals surface area contributed by atoms with Crippen molar-refractivity contribution in [2.45, 2.75) is 43.7 Å². The molecule has 5 heteroatoms. The fraction of sp³-hybridized carbons (Fsp3) is 0.440. The first-order valence-electron chi connectivity index (χ1n) is 11.0. The fourth-order valence-corrected chi connectivity index (χ4v) is 5.09. The Balaban J connectivity index is 1.55. The van der Waals surface area contributed by atoms with Gasteiger partial charge in [-0.2, -0.15) is 0 Å². The lowest BCUT2D eigenvalue weighted by Crippen LogP contribution is -2.61. The summed E-state index contributed by atoms with van der Waals surface area (Å²) in [4.78, 5) is 30.7. The second-order valence-corrected chi connectivity index (χ2v) is 8.49. The Labute approximate surface area is 179 Å². The van der Waals surface area contributed by atoms with Gasteiger partial charge in [-0.15, -0.1) is 0 Å². The van der Waals surface area contributed by atoms with Gasteiger partial charge in [-0.25, -0.2) is 0 Å². The number of rotatable bonds is 5. The molecule has 2 amide bonds. The predicted molar refractivity (Wildman–Crippen MR) is 118 cm³/mol. The number of nitrogens with one attached hydrogen (secondary N) is 1. The maximum absolute atomic E-state index is 13.8. The van der Waals surface area contributed by atoms with E-state index in [1.807, 2.05) is 41.3 Å². The molecular formula is C25H31N3O2. The van der Waals surface area contributed by atoms with Crippen molar-refractivity contribution in [1.29, 1.82) is 0 Å². The molecule has 0 aromatic heterocycles. The van der Waals surface area contributed by atoms with E-state index in [1.165, 1.54) is 5.56 Å². The first kappa shape index (κ1) is 20.6. The highest BCUT2D eigenvalue weighted by Gasteiger charge is 2.46. The summed E-state index contributed by atoms with van der Waals surface area (Å²) in [7, 11) is 1.67. The third-order valence-electron chi connectivity index (χ3n) is 6.75. The van der Waals surface area contributed by atoms with Gasteiger partial charge >= 0.3 is 0 Å². The second kappa shape index (κ2) is 9.00. The molecule has 4 rings (SSSR count). The average molecular weight is 406 g/mol. The Hall–Kier alpha value is -2.66. The van der Waals surface area contributed by atoms with Crippen molar-refractivity contribution in [1.82, 2.24) is 15.1 Å². The van der Waals surface area contributed by atoms with Crippen LogP contribution in [0.5, 0.6) is 0 Å². The number of carbonyl (C=O) groups excluding carboxylic acids is 2. The van der Waals surface area contributed by atoms with E-state index < -0.39 is 5.41 Å². The van der Waals surface area contributed by atoms with E-state index in [0.29, 0.717) is 26.2 Å². The summed E-state index contributed by atoms with van der Waals surface area (Å²) in [5.41, 5.74) is 1.87. The maximum Gasteiger partial charge on any atom is 0.238 e. The zero-order chi connectivity index (χ0) is 21.0. The van der Waals surface area contributed by atoms with Crippen molar-refractivity contribution < 1.29 is 9.59 Å². The van der Waals surface area contributed by atoms with E-state index in [1.54, 1.807) is 7.05 Å². The molecule has 1 heterocycles. The SMILES string of the molecule is CNC(=O)C1CN(C(=O)C2(c3ccccc3)CCCC2)CCN1Cc1ccccc1. The molecule has 0 bridgehead atoms. The number of carbonyl (C=O) groups is 2. The van der Waals surface area contributed by atoms with Gasteiger partial charge in [-0.05, 0) is 24.0 Å². The molecule has 30 heavy (non-hydrogen) atoms. The van der Waals surface area contributed by atoms with Crippen molar-refractivity contribution in [2.24, 2.45) is 0 Å². The molecule has 2 aromatic rings. The minimum absolute atomic E-state index is 0.0244. The van der Waals surface area contributed by atoms with Gasteiger partial charge in [0, 0.05) is 33.2 Å². The van der Waals surface area contributed by atoms with Gasteiger partial charge in [0.25, 0.3) is 0 Å². The zero-order valence-corrected chi connectivity index (χ0v) is 17.7. The summed E-state index contributed by atoms with van der Waals surface area (Å²) in [5.74, 6) is 0.170. The second-order valence-electron chi connectivity index (χ2n) is 8.49. The summed E-state index contributed by atoms with van der Waals surface area (Å²) in [6.07, 6.45) is 3.94. The van der Waals surface area contributed by atoms with Crippen LogP contribution in [0.2, 0.25) is 0 Å². The maximum atomic E-state index is 13.8. The van der Waals surface area contributed by atoms with E-state index in [4.69, 9.17) is 0 Å². The van der Waals surface area contributed by atoms with Gasteiger partial charge in [0.1, 0.15) is 6.04 Å². The number of nitrogens with zero attached hydrogens (tertiary/aromatic N) is 2. The van der Waals surface area contributed by atoms with Gasteiger partial charge in [-0.3, -0.25) is 14.5 Å². The lowest BCUT2D eigenvalue weighted by atomic mass is 9.77. The molecular weight excluding hydrogens is 374 g/mol. The molecule has 0 spiro atoms. The van der Waals surface area contributed by atoms with Crippen LogP contribution in [0.3, 0.4) is 0 Å². The molecule has 1 unspecified atom stereocenters. The normalized spacial score (nSPS) is 21.4. The fourth-order valence-electron chi connectivity index (χ4n) is 5.09. The van der Waals surface area contributed by atoms with E-state index in [2.05, 4.69) is 34.5 Å². The van der Waals surface area contributed by atoms with Crippen LogP contribution in [0.25, 0.3) is 0 Å². The lowest BCUT2D eigenvalue weighted by Gasteiger charge is -2.43. The smallest absolute Gasteiger partial charge is 0.238 e. The van der Waals surface area contributed by atoms with Gasteiger partial charge < -0.3 is 10.2 Å². The molecule has 2 aromatic carbocycles. The molecule has 1 saturated heterocycles. The van der Waals surface area contributed by atoms with Crippen LogP contribution in [-0.2, 0) is 21.5 Å². The number of likely N-dealkylation sites (N-methyl/N-ethyl adjacent to an activating group) is 1. The summed E-state index contributed by atoms with van der Waals surface area (Å²) in [6, 6.07) is 20.1. The van der Waals surface area contributed by atoms with E-state index >= 15 is 0 Å². The number of hydrogen-bond donors (Lipinski definition) is 1. The zero-order valence-electron chi connectivity index (χ0n) is 17.7. The standard InChI is InChI=1S/C25H31N3O2/c1-26-23(29)22-19-28(17-16-27(22)18-20-10-4-2-5-11-20)24(30)25(14-8-9-15-25)21-12-6-3-7-13-21/h2-7,10-13,22H,8-9,14-19H2,1H3,(H,26,29). The number of amides is 2. The van der Waals surface area contributed by atoms with Crippen LogP contribution in [0.4, 0.5) is 0 Å². The van der Waals surface area contributed by atoms with Crippen LogP contribution >= 0.6 is 0 Å². The number of benzene rings is 2. The van der Waals surface area contributed by atoms with Crippen molar-refractivity contribution in [3.63, 3.8) is 0 Å². The molecule has 5 nitrogen and oxygen atoms in total. The van der Waals surface area contributed by atoms with Gasteiger partial charge in [0.15, 0.2) is 0 Å². The number of piperazine rings is 1. The molecule has 2 aliphatic rings. The highest BCUT2D eigenvalue weighted by Crippen LogP contribution is 2.43. The Kier molecular flexibility index (Phi) is 6.18. The minimum Gasteiger partial charge on any atom is -0.358 e. The Bertz CT molecular complexity index is 862. The van der Waals surface area contributed by atoms with Crippen molar-refractivity contribution in [2.75, 3.05) is 26.7 Å². The number of hydrogen-bond acceptors (Lipinski definition) is 3. The molecule has 158 valence electrons. The topological polar surface area (TPSA) is 52.7 Å². The largest absolute Gasteiger partial charge is 0.358 e. The summed E-state index contributed by atoms with van der Waals surface area (Å²) < 4.78 is 0. The van der Waals surface area contributed by atoms with Gasteiger partial charge in [-0.1, -0.05) is 73.5 Å². The first-order chi connectivity index (χ1) is 14.6. The minimum atomic E-state index is -0.434. The van der Waals surface area contributed by atoms with Gasteiger partial charge in [0.05, 0.1) is 5.41 Å². The van der Waals surface area contributed by atoms with Crippen molar-refractivity contribution in [3.8, 4) is 0 Å². The monoisotopic (exact) mass is 405 g/mol. The van der Waals surface area contributed by atoms with Crippen LogP contribution in [0.1, 0.15) is 36.8 Å².